The van der Waals surface area contributed by atoms with Crippen LogP contribution in [0.5, 0.6) is 5.75 Å². The van der Waals surface area contributed by atoms with Crippen LogP contribution in [0.25, 0.3) is 10.8 Å². The zero-order chi connectivity index (χ0) is 22.8. The summed E-state index contributed by atoms with van der Waals surface area (Å²) in [6.45, 7) is 0.536. The predicted octanol–water partition coefficient (Wildman–Crippen LogP) is 4.94. The molecule has 0 aliphatic carbocycles. The molecule has 0 spiro atoms. The van der Waals surface area contributed by atoms with Crippen LogP contribution < -0.4 is 15.5 Å². The van der Waals surface area contributed by atoms with Crippen molar-refractivity contribution in [3.63, 3.8) is 0 Å². The van der Waals surface area contributed by atoms with Crippen LogP contribution >= 0.6 is 11.6 Å². The first-order valence-corrected chi connectivity index (χ1v) is 10.9. The second-order valence-electron chi connectivity index (χ2n) is 7.24. The average molecular weight is 452 g/mol. The summed E-state index contributed by atoms with van der Waals surface area (Å²) in [5.41, 5.74) is 3.94. The Hall–Kier alpha value is -3.38. The molecule has 0 fully saturated rings. The van der Waals surface area contributed by atoms with Gasteiger partial charge in [-0.3, -0.25) is 9.59 Å². The van der Waals surface area contributed by atoms with E-state index in [1.54, 1.807) is 37.6 Å². The van der Waals surface area contributed by atoms with E-state index >= 15 is 0 Å². The smallest absolute Gasteiger partial charge is 0.252 e. The fourth-order valence-corrected chi connectivity index (χ4v) is 3.57. The van der Waals surface area contributed by atoms with Crippen LogP contribution in [-0.2, 0) is 4.79 Å². The number of rotatable bonds is 10. The lowest BCUT2D eigenvalue weighted by Gasteiger charge is -2.07. The standard InChI is InChI=1S/C25H26ClN3O3/c1-32-23-15-14-18(19-9-4-5-10-20(19)23)17-28-29-24(30)13-3-2-8-16-27-25(31)21-11-6-7-12-22(21)26/h4-7,9-12,14-15,17H,2-3,8,13,16H2,1H3,(H,27,31)(H,29,30)/b28-17+. The maximum Gasteiger partial charge on any atom is 0.252 e. The molecule has 32 heavy (non-hydrogen) atoms. The molecule has 0 unspecified atom stereocenters. The second kappa shape index (κ2) is 11.9. The molecular formula is C25H26ClN3O3. The number of hydrogen-bond acceptors (Lipinski definition) is 4. The highest BCUT2D eigenvalue weighted by Crippen LogP contribution is 2.27. The Morgan fingerprint density at radius 2 is 1.72 bits per heavy atom. The van der Waals surface area contributed by atoms with E-state index in [4.69, 9.17) is 16.3 Å². The number of halogens is 1. The maximum absolute atomic E-state index is 12.1. The first kappa shape index (κ1) is 23.3. The molecule has 3 aromatic carbocycles. The van der Waals surface area contributed by atoms with Gasteiger partial charge < -0.3 is 10.1 Å². The number of hydrazone groups is 1. The van der Waals surface area contributed by atoms with Crippen LogP contribution in [0.4, 0.5) is 0 Å². The van der Waals surface area contributed by atoms with Crippen LogP contribution in [0.1, 0.15) is 41.6 Å². The molecule has 0 aromatic heterocycles. The highest BCUT2D eigenvalue weighted by atomic mass is 35.5. The third-order valence-corrected chi connectivity index (χ3v) is 5.34. The summed E-state index contributed by atoms with van der Waals surface area (Å²) in [6.07, 6.45) is 4.34. The number of carbonyl (C=O) groups excluding carboxylic acids is 2. The lowest BCUT2D eigenvalue weighted by atomic mass is 10.0. The van der Waals surface area contributed by atoms with E-state index in [1.165, 1.54) is 0 Å². The van der Waals surface area contributed by atoms with Crippen LogP contribution in [0.2, 0.25) is 5.02 Å². The molecule has 166 valence electrons. The SMILES string of the molecule is COc1ccc(/C=N/NC(=O)CCCCCNC(=O)c2ccccc2Cl)c2ccccc12. The molecule has 3 rings (SSSR count). The van der Waals surface area contributed by atoms with Crippen LogP contribution in [0.3, 0.4) is 0 Å². The number of unbranched alkanes of at least 4 members (excludes halogenated alkanes) is 2. The van der Waals surface area contributed by atoms with Crippen molar-refractivity contribution in [2.75, 3.05) is 13.7 Å². The van der Waals surface area contributed by atoms with Crippen molar-refractivity contribution in [1.82, 2.24) is 10.7 Å². The Morgan fingerprint density at radius 3 is 2.50 bits per heavy atom. The van der Waals surface area contributed by atoms with Crippen LogP contribution in [-0.4, -0.2) is 31.7 Å². The van der Waals surface area contributed by atoms with Gasteiger partial charge in [0, 0.05) is 23.9 Å². The van der Waals surface area contributed by atoms with E-state index in [2.05, 4.69) is 15.8 Å². The summed E-state index contributed by atoms with van der Waals surface area (Å²) < 4.78 is 5.39. The molecule has 0 saturated heterocycles. The molecule has 3 aromatic rings. The van der Waals surface area contributed by atoms with Gasteiger partial charge in [-0.15, -0.1) is 0 Å². The van der Waals surface area contributed by atoms with Crippen molar-refractivity contribution >= 4 is 40.4 Å². The summed E-state index contributed by atoms with van der Waals surface area (Å²) in [4.78, 5) is 24.1. The van der Waals surface area contributed by atoms with Crippen LogP contribution in [0.15, 0.2) is 65.8 Å². The number of nitrogens with one attached hydrogen (secondary N) is 2. The van der Waals surface area contributed by atoms with Gasteiger partial charge >= 0.3 is 0 Å². The van der Waals surface area contributed by atoms with Crippen molar-refractivity contribution in [3.8, 4) is 5.75 Å². The molecule has 0 radical (unpaired) electrons. The Bertz CT molecular complexity index is 1110. The van der Waals surface area contributed by atoms with Crippen molar-refractivity contribution in [2.45, 2.75) is 25.7 Å². The molecular weight excluding hydrogens is 426 g/mol. The number of fused-ring (bicyclic) bond motifs is 1. The molecule has 2 amide bonds. The normalized spacial score (nSPS) is 10.9. The van der Waals surface area contributed by atoms with Gasteiger partial charge in [0.1, 0.15) is 5.75 Å². The number of hydrogen-bond donors (Lipinski definition) is 2. The van der Waals surface area contributed by atoms with Gasteiger partial charge in [-0.1, -0.05) is 54.4 Å². The summed E-state index contributed by atoms with van der Waals surface area (Å²) >= 11 is 6.02. The van der Waals surface area contributed by atoms with E-state index in [0.29, 0.717) is 23.6 Å². The Kier molecular flexibility index (Phi) is 8.63. The van der Waals surface area contributed by atoms with Crippen LogP contribution in [0, 0.1) is 0 Å². The molecule has 2 N–H and O–H groups in total. The van der Waals surface area contributed by atoms with Gasteiger partial charge in [0.2, 0.25) is 5.91 Å². The van der Waals surface area contributed by atoms with E-state index in [-0.39, 0.29) is 11.8 Å². The van der Waals surface area contributed by atoms with Gasteiger partial charge in [-0.25, -0.2) is 5.43 Å². The van der Waals surface area contributed by atoms with E-state index in [9.17, 15) is 9.59 Å². The molecule has 0 aliphatic heterocycles. The quantitative estimate of drug-likeness (QED) is 0.260. The average Bonchev–Trinajstić information content (AvgIpc) is 2.81. The van der Waals surface area contributed by atoms with Gasteiger partial charge in [0.05, 0.1) is 23.9 Å². The number of ether oxygens (including phenoxy) is 1. The number of carbonyl (C=O) groups is 2. The summed E-state index contributed by atoms with van der Waals surface area (Å²) in [5, 5.41) is 9.37. The zero-order valence-corrected chi connectivity index (χ0v) is 18.7. The first-order chi connectivity index (χ1) is 15.6. The first-order valence-electron chi connectivity index (χ1n) is 10.5. The molecule has 6 nitrogen and oxygen atoms in total. The van der Waals surface area contributed by atoms with Gasteiger partial charge in [0.25, 0.3) is 5.91 Å². The van der Waals surface area contributed by atoms with Crippen molar-refractivity contribution in [3.05, 3.63) is 76.8 Å². The van der Waals surface area contributed by atoms with E-state index < -0.39 is 0 Å². The topological polar surface area (TPSA) is 79.8 Å². The molecule has 7 heteroatoms. The van der Waals surface area contributed by atoms with Gasteiger partial charge in [-0.05, 0) is 42.5 Å². The van der Waals surface area contributed by atoms with Crippen molar-refractivity contribution < 1.29 is 14.3 Å². The Morgan fingerprint density at radius 1 is 0.969 bits per heavy atom. The maximum atomic E-state index is 12.1. The van der Waals surface area contributed by atoms with Gasteiger partial charge in [-0.2, -0.15) is 5.10 Å². The highest BCUT2D eigenvalue weighted by Gasteiger charge is 2.08. The van der Waals surface area contributed by atoms with Gasteiger partial charge in [0.15, 0.2) is 0 Å². The number of methoxy groups -OCH3 is 1. The Labute approximate surface area is 192 Å². The summed E-state index contributed by atoms with van der Waals surface area (Å²) in [6, 6.07) is 18.6. The lowest BCUT2D eigenvalue weighted by Crippen LogP contribution is -2.24. The monoisotopic (exact) mass is 451 g/mol. The summed E-state index contributed by atoms with van der Waals surface area (Å²) in [7, 11) is 1.64. The number of nitrogens with zero attached hydrogens (tertiary/aromatic N) is 1. The molecule has 0 saturated carbocycles. The largest absolute Gasteiger partial charge is 0.496 e. The lowest BCUT2D eigenvalue weighted by molar-refractivity contribution is -0.121. The minimum absolute atomic E-state index is 0.140. The van der Waals surface area contributed by atoms with Crippen molar-refractivity contribution in [2.24, 2.45) is 5.10 Å². The van der Waals surface area contributed by atoms with E-state index in [1.807, 2.05) is 36.4 Å². The third-order valence-electron chi connectivity index (χ3n) is 5.02. The predicted molar refractivity (Wildman–Crippen MR) is 128 cm³/mol. The minimum Gasteiger partial charge on any atom is -0.496 e. The number of benzene rings is 3. The number of amides is 2. The van der Waals surface area contributed by atoms with E-state index in [0.717, 1.165) is 41.3 Å². The minimum atomic E-state index is -0.186. The molecule has 0 atom stereocenters. The molecule has 0 aliphatic rings. The molecule has 0 heterocycles. The highest BCUT2D eigenvalue weighted by molar-refractivity contribution is 6.33. The molecule has 0 bridgehead atoms. The van der Waals surface area contributed by atoms with Crippen molar-refractivity contribution in [1.29, 1.82) is 0 Å². The Balaban J connectivity index is 1.37. The fourth-order valence-electron chi connectivity index (χ4n) is 3.34. The third kappa shape index (κ3) is 6.31. The fraction of sp³-hybridized carbons (Fsp3) is 0.240. The summed E-state index contributed by atoms with van der Waals surface area (Å²) in [5.74, 6) is 0.470. The second-order valence-corrected chi connectivity index (χ2v) is 7.65. The zero-order valence-electron chi connectivity index (χ0n) is 17.9.